The molecule has 2 heterocycles. The van der Waals surface area contributed by atoms with E-state index in [1.807, 2.05) is 13.0 Å². The van der Waals surface area contributed by atoms with Crippen LogP contribution in [0.15, 0.2) is 17.7 Å². The number of rotatable bonds is 2. The van der Waals surface area contributed by atoms with E-state index >= 15 is 0 Å². The lowest BCUT2D eigenvalue weighted by Crippen LogP contribution is -2.38. The van der Waals surface area contributed by atoms with Crippen LogP contribution in [-0.4, -0.2) is 40.0 Å². The first-order chi connectivity index (χ1) is 9.74. The van der Waals surface area contributed by atoms with E-state index < -0.39 is 12.7 Å². The van der Waals surface area contributed by atoms with E-state index in [1.165, 1.54) is 18.6 Å². The number of hydrogen-bond acceptors (Lipinski definition) is 2. The Labute approximate surface area is 120 Å². The molecule has 0 aliphatic carbocycles. The average molecular weight is 302 g/mol. The Morgan fingerprint density at radius 2 is 2.14 bits per heavy atom. The van der Waals surface area contributed by atoms with Crippen LogP contribution in [0, 0.1) is 6.92 Å². The van der Waals surface area contributed by atoms with Crippen molar-refractivity contribution in [2.24, 2.45) is 0 Å². The van der Waals surface area contributed by atoms with Crippen molar-refractivity contribution in [3.05, 3.63) is 23.4 Å². The Kier molecular flexibility index (Phi) is 4.24. The second kappa shape index (κ2) is 5.79. The number of carbonyl (C=O) groups excluding carboxylic acids is 1. The molecule has 1 aromatic rings. The summed E-state index contributed by atoms with van der Waals surface area (Å²) in [6.45, 7) is 3.44. The number of urea groups is 1. The molecule has 0 radical (unpaired) electrons. The second-order valence-electron chi connectivity index (χ2n) is 5.12. The molecule has 0 unspecified atom stereocenters. The molecule has 1 aromatic heterocycles. The van der Waals surface area contributed by atoms with Crippen LogP contribution in [0.5, 0.6) is 0 Å². The summed E-state index contributed by atoms with van der Waals surface area (Å²) >= 11 is 0. The minimum Gasteiger partial charge on any atom is -0.320 e. The van der Waals surface area contributed by atoms with Gasteiger partial charge in [0.05, 0.1) is 0 Å². The minimum absolute atomic E-state index is 0.132. The van der Waals surface area contributed by atoms with Crippen LogP contribution >= 0.6 is 0 Å². The van der Waals surface area contributed by atoms with Gasteiger partial charge in [-0.2, -0.15) is 18.3 Å². The summed E-state index contributed by atoms with van der Waals surface area (Å²) in [4.78, 5) is 13.6. The van der Waals surface area contributed by atoms with Gasteiger partial charge in [0.2, 0.25) is 0 Å². The summed E-state index contributed by atoms with van der Waals surface area (Å²) in [5, 5.41) is 6.30. The number of hydrogen-bond donors (Lipinski definition) is 1. The number of halogens is 3. The molecule has 2 rings (SSSR count). The van der Waals surface area contributed by atoms with Gasteiger partial charge in [0.15, 0.2) is 5.82 Å². The van der Waals surface area contributed by atoms with E-state index in [-0.39, 0.29) is 11.8 Å². The lowest BCUT2D eigenvalue weighted by molar-refractivity contribution is -0.142. The number of anilines is 1. The van der Waals surface area contributed by atoms with Gasteiger partial charge in [-0.3, -0.25) is 10.00 Å². The molecule has 0 bridgehead atoms. The van der Waals surface area contributed by atoms with Gasteiger partial charge < -0.3 is 4.90 Å². The highest BCUT2D eigenvalue weighted by Crippen LogP contribution is 2.20. The summed E-state index contributed by atoms with van der Waals surface area (Å²) < 4.78 is 37.9. The lowest BCUT2D eigenvalue weighted by Gasteiger charge is -2.25. The van der Waals surface area contributed by atoms with Crippen LogP contribution in [0.1, 0.15) is 19.0 Å². The van der Waals surface area contributed by atoms with E-state index in [1.54, 1.807) is 4.90 Å². The highest BCUT2D eigenvalue weighted by Gasteiger charge is 2.29. The highest BCUT2D eigenvalue weighted by atomic mass is 19.4. The molecule has 116 valence electrons. The third-order valence-electron chi connectivity index (χ3n) is 3.27. The number of alkyl halides is 3. The molecular weight excluding hydrogens is 285 g/mol. The van der Waals surface area contributed by atoms with Crippen LogP contribution < -0.4 is 5.32 Å². The average Bonchev–Trinajstić information content (AvgIpc) is 2.68. The Hall–Kier alpha value is -1.99. The maximum atomic E-state index is 12.4. The van der Waals surface area contributed by atoms with Crippen LogP contribution in [0.2, 0.25) is 0 Å². The maximum Gasteiger partial charge on any atom is 0.408 e. The number of amides is 2. The SMILES string of the molecule is CC1=CCN(C(=O)Nc2cc(C)n(CC(F)(F)F)n2)CC1. The zero-order valence-corrected chi connectivity index (χ0v) is 11.9. The zero-order chi connectivity index (χ0) is 15.6. The van der Waals surface area contributed by atoms with Gasteiger partial charge in [-0.25, -0.2) is 4.79 Å². The van der Waals surface area contributed by atoms with Crippen molar-refractivity contribution >= 4 is 11.8 Å². The Bertz CT molecular complexity index is 562. The van der Waals surface area contributed by atoms with E-state index in [0.717, 1.165) is 11.1 Å². The molecule has 21 heavy (non-hydrogen) atoms. The predicted molar refractivity (Wildman–Crippen MR) is 72.0 cm³/mol. The lowest BCUT2D eigenvalue weighted by atomic mass is 10.1. The smallest absolute Gasteiger partial charge is 0.320 e. The fourth-order valence-electron chi connectivity index (χ4n) is 2.04. The van der Waals surface area contributed by atoms with Gasteiger partial charge >= 0.3 is 12.2 Å². The summed E-state index contributed by atoms with van der Waals surface area (Å²) in [5.74, 6) is 0.132. The maximum absolute atomic E-state index is 12.4. The van der Waals surface area contributed by atoms with E-state index in [4.69, 9.17) is 0 Å². The molecule has 8 heteroatoms. The molecule has 1 aliphatic heterocycles. The quantitative estimate of drug-likeness (QED) is 0.854. The topological polar surface area (TPSA) is 50.2 Å². The molecule has 1 N–H and O–H groups in total. The zero-order valence-electron chi connectivity index (χ0n) is 11.9. The van der Waals surface area contributed by atoms with Crippen LogP contribution in [0.25, 0.3) is 0 Å². The largest absolute Gasteiger partial charge is 0.408 e. The molecule has 0 aromatic carbocycles. The predicted octanol–water partition coefficient (Wildman–Crippen LogP) is 2.94. The molecule has 0 atom stereocenters. The molecule has 1 aliphatic rings. The molecular formula is C13H17F3N4O. The molecule has 0 saturated carbocycles. The molecule has 2 amide bonds. The molecule has 5 nitrogen and oxygen atoms in total. The summed E-state index contributed by atoms with van der Waals surface area (Å²) in [5.41, 5.74) is 1.57. The van der Waals surface area contributed by atoms with Crippen molar-refractivity contribution in [2.45, 2.75) is 33.0 Å². The molecule has 0 fully saturated rings. The summed E-state index contributed by atoms with van der Waals surface area (Å²) in [6.07, 6.45) is -1.58. The van der Waals surface area contributed by atoms with Crippen molar-refractivity contribution in [1.29, 1.82) is 0 Å². The van der Waals surface area contributed by atoms with E-state index in [0.29, 0.717) is 18.8 Å². The van der Waals surface area contributed by atoms with Gasteiger partial charge in [-0.1, -0.05) is 11.6 Å². The number of aromatic nitrogens is 2. The second-order valence-corrected chi connectivity index (χ2v) is 5.12. The van der Waals surface area contributed by atoms with Crippen molar-refractivity contribution < 1.29 is 18.0 Å². The fourth-order valence-corrected chi connectivity index (χ4v) is 2.04. The van der Waals surface area contributed by atoms with Gasteiger partial charge in [0.1, 0.15) is 6.54 Å². The highest BCUT2D eigenvalue weighted by molar-refractivity contribution is 5.88. The van der Waals surface area contributed by atoms with Gasteiger partial charge in [0.25, 0.3) is 0 Å². The molecule has 0 saturated heterocycles. The van der Waals surface area contributed by atoms with Crippen molar-refractivity contribution in [3.63, 3.8) is 0 Å². The minimum atomic E-state index is -4.34. The first-order valence-electron chi connectivity index (χ1n) is 6.57. The van der Waals surface area contributed by atoms with Crippen molar-refractivity contribution in [1.82, 2.24) is 14.7 Å². The van der Waals surface area contributed by atoms with Crippen molar-refractivity contribution in [3.8, 4) is 0 Å². The number of aryl methyl sites for hydroxylation is 1. The first kappa shape index (κ1) is 15.4. The van der Waals surface area contributed by atoms with Crippen LogP contribution in [0.4, 0.5) is 23.8 Å². The van der Waals surface area contributed by atoms with Gasteiger partial charge in [-0.05, 0) is 20.3 Å². The third-order valence-corrected chi connectivity index (χ3v) is 3.27. The number of nitrogens with one attached hydrogen (secondary N) is 1. The van der Waals surface area contributed by atoms with Crippen LogP contribution in [-0.2, 0) is 6.54 Å². The first-order valence-corrected chi connectivity index (χ1v) is 6.57. The Morgan fingerprint density at radius 3 is 2.71 bits per heavy atom. The number of carbonyl (C=O) groups is 1. The summed E-state index contributed by atoms with van der Waals surface area (Å²) in [7, 11) is 0. The summed E-state index contributed by atoms with van der Waals surface area (Å²) in [6, 6.07) is 1.07. The number of nitrogens with zero attached hydrogens (tertiary/aromatic N) is 3. The van der Waals surface area contributed by atoms with Gasteiger partial charge in [0, 0.05) is 24.8 Å². The normalized spacial score (nSPS) is 15.9. The molecule has 0 spiro atoms. The monoisotopic (exact) mass is 302 g/mol. The van der Waals surface area contributed by atoms with E-state index in [9.17, 15) is 18.0 Å². The Balaban J connectivity index is 2.00. The van der Waals surface area contributed by atoms with Gasteiger partial charge in [-0.15, -0.1) is 0 Å². The fraction of sp³-hybridized carbons (Fsp3) is 0.538. The van der Waals surface area contributed by atoms with E-state index in [2.05, 4.69) is 10.4 Å². The Morgan fingerprint density at radius 1 is 1.43 bits per heavy atom. The van der Waals surface area contributed by atoms with Crippen molar-refractivity contribution in [2.75, 3.05) is 18.4 Å². The standard InChI is InChI=1S/C13H17F3N4O/c1-9-3-5-19(6-4-9)12(21)17-11-7-10(2)20(18-11)8-13(14,15)16/h3,7H,4-6,8H2,1-2H3,(H,17,18,21). The van der Waals surface area contributed by atoms with Crippen LogP contribution in [0.3, 0.4) is 0 Å². The third kappa shape index (κ3) is 4.24.